The van der Waals surface area contributed by atoms with Crippen LogP contribution in [0.2, 0.25) is 5.02 Å². The molecule has 1 N–H and O–H groups in total. The Balaban J connectivity index is 1.37. The highest BCUT2D eigenvalue weighted by Crippen LogP contribution is 2.27. The molecule has 1 saturated heterocycles. The van der Waals surface area contributed by atoms with Crippen LogP contribution >= 0.6 is 27.5 Å². The van der Waals surface area contributed by atoms with Crippen molar-refractivity contribution < 1.29 is 19.1 Å². The quantitative estimate of drug-likeness (QED) is 0.443. The van der Waals surface area contributed by atoms with E-state index in [1.807, 2.05) is 35.2 Å². The second kappa shape index (κ2) is 11.0. The maximum absolute atomic E-state index is 13.0. The van der Waals surface area contributed by atoms with E-state index in [0.717, 1.165) is 10.2 Å². The standard InChI is InChI=1S/C26H25BrClN3O4/c1-34-23-9-3-17(27)15-21(23)25(32)29-19-5-7-20(8-6-19)30-11-13-31(14-12-30)26(33)22-16-18(28)4-10-24(22)35-2/h3-10,15-16H,11-14H2,1-2H3,(H,29,32). The Labute approximate surface area is 217 Å². The summed E-state index contributed by atoms with van der Waals surface area (Å²) in [7, 11) is 3.08. The molecule has 2 amide bonds. The summed E-state index contributed by atoms with van der Waals surface area (Å²) in [6.45, 7) is 2.54. The number of benzene rings is 3. The van der Waals surface area contributed by atoms with Gasteiger partial charge in [0.15, 0.2) is 0 Å². The van der Waals surface area contributed by atoms with Crippen LogP contribution in [-0.4, -0.2) is 57.1 Å². The van der Waals surface area contributed by atoms with E-state index in [1.54, 1.807) is 37.4 Å². The number of rotatable bonds is 6. The zero-order valence-corrected chi connectivity index (χ0v) is 21.7. The SMILES string of the molecule is COc1ccc(Br)cc1C(=O)Nc1ccc(N2CCN(C(=O)c3cc(Cl)ccc3OC)CC2)cc1. The highest BCUT2D eigenvalue weighted by Gasteiger charge is 2.25. The van der Waals surface area contributed by atoms with Crippen LogP contribution in [0.15, 0.2) is 65.1 Å². The largest absolute Gasteiger partial charge is 0.496 e. The summed E-state index contributed by atoms with van der Waals surface area (Å²) in [5, 5.41) is 3.41. The van der Waals surface area contributed by atoms with Gasteiger partial charge in [0, 0.05) is 47.0 Å². The van der Waals surface area contributed by atoms with Crippen LogP contribution in [0.5, 0.6) is 11.5 Å². The molecule has 1 aliphatic heterocycles. The number of methoxy groups -OCH3 is 2. The molecule has 0 bridgehead atoms. The number of anilines is 2. The van der Waals surface area contributed by atoms with Crippen LogP contribution < -0.4 is 19.7 Å². The van der Waals surface area contributed by atoms with Crippen molar-refractivity contribution in [2.24, 2.45) is 0 Å². The third kappa shape index (κ3) is 5.71. The Bertz CT molecular complexity index is 1230. The first-order chi connectivity index (χ1) is 16.9. The average molecular weight is 559 g/mol. The number of carbonyl (C=O) groups excluding carboxylic acids is 2. The van der Waals surface area contributed by atoms with Crippen molar-refractivity contribution >= 4 is 50.7 Å². The van der Waals surface area contributed by atoms with Crippen LogP contribution in [0, 0.1) is 0 Å². The molecule has 0 spiro atoms. The number of carbonyl (C=O) groups is 2. The summed E-state index contributed by atoms with van der Waals surface area (Å²) in [5.74, 6) is 0.676. The second-order valence-electron chi connectivity index (χ2n) is 7.97. The fourth-order valence-electron chi connectivity index (χ4n) is 4.00. The average Bonchev–Trinajstić information content (AvgIpc) is 2.88. The molecule has 9 heteroatoms. The maximum atomic E-state index is 13.0. The summed E-state index contributed by atoms with van der Waals surface area (Å²) in [5.41, 5.74) is 2.62. The number of nitrogens with one attached hydrogen (secondary N) is 1. The number of amides is 2. The number of nitrogens with zero attached hydrogens (tertiary/aromatic N) is 2. The summed E-state index contributed by atoms with van der Waals surface area (Å²) in [6, 6.07) is 18.0. The first-order valence-corrected chi connectivity index (χ1v) is 12.2. The molecule has 0 saturated carbocycles. The molecular formula is C26H25BrClN3O4. The zero-order chi connectivity index (χ0) is 24.9. The van der Waals surface area contributed by atoms with Gasteiger partial charge in [0.25, 0.3) is 11.8 Å². The minimum atomic E-state index is -0.250. The molecule has 7 nitrogen and oxygen atoms in total. The molecule has 0 unspecified atom stereocenters. The predicted octanol–water partition coefficient (Wildman–Crippen LogP) is 5.33. The highest BCUT2D eigenvalue weighted by atomic mass is 79.9. The Morgan fingerprint density at radius 3 is 2.14 bits per heavy atom. The number of ether oxygens (including phenoxy) is 2. The lowest BCUT2D eigenvalue weighted by atomic mass is 10.1. The minimum Gasteiger partial charge on any atom is -0.496 e. The van der Waals surface area contributed by atoms with Gasteiger partial charge in [-0.3, -0.25) is 9.59 Å². The van der Waals surface area contributed by atoms with Crippen molar-refractivity contribution in [3.63, 3.8) is 0 Å². The summed E-state index contributed by atoms with van der Waals surface area (Å²) in [4.78, 5) is 29.8. The number of piperazine rings is 1. The van der Waals surface area contributed by atoms with Crippen LogP contribution in [0.25, 0.3) is 0 Å². The Hall–Kier alpha value is -3.23. The third-order valence-electron chi connectivity index (χ3n) is 5.86. The molecule has 35 heavy (non-hydrogen) atoms. The number of hydrogen-bond acceptors (Lipinski definition) is 5. The van der Waals surface area contributed by atoms with Crippen molar-refractivity contribution in [1.29, 1.82) is 0 Å². The van der Waals surface area contributed by atoms with Gasteiger partial charge in [-0.05, 0) is 60.7 Å². The van der Waals surface area contributed by atoms with Crippen molar-refractivity contribution in [3.8, 4) is 11.5 Å². The van der Waals surface area contributed by atoms with E-state index >= 15 is 0 Å². The molecule has 0 aliphatic carbocycles. The summed E-state index contributed by atoms with van der Waals surface area (Å²) in [6.07, 6.45) is 0. The van der Waals surface area contributed by atoms with Crippen molar-refractivity contribution in [1.82, 2.24) is 4.90 Å². The molecule has 1 fully saturated rings. The molecule has 3 aromatic carbocycles. The van der Waals surface area contributed by atoms with Crippen LogP contribution in [0.3, 0.4) is 0 Å². The summed E-state index contributed by atoms with van der Waals surface area (Å²) >= 11 is 9.48. The molecule has 1 aliphatic rings. The third-order valence-corrected chi connectivity index (χ3v) is 6.58. The van der Waals surface area contributed by atoms with E-state index in [-0.39, 0.29) is 11.8 Å². The van der Waals surface area contributed by atoms with Crippen molar-refractivity contribution in [2.75, 3.05) is 50.6 Å². The van der Waals surface area contributed by atoms with E-state index in [0.29, 0.717) is 59.5 Å². The van der Waals surface area contributed by atoms with Gasteiger partial charge in [-0.15, -0.1) is 0 Å². The van der Waals surface area contributed by atoms with E-state index in [1.165, 1.54) is 7.11 Å². The van der Waals surface area contributed by atoms with E-state index in [9.17, 15) is 9.59 Å². The molecular weight excluding hydrogens is 534 g/mol. The first kappa shape index (κ1) is 24.9. The van der Waals surface area contributed by atoms with Gasteiger partial charge in [0.05, 0.1) is 25.3 Å². The lowest BCUT2D eigenvalue weighted by molar-refractivity contribution is 0.0743. The van der Waals surface area contributed by atoms with Gasteiger partial charge in [-0.1, -0.05) is 27.5 Å². The monoisotopic (exact) mass is 557 g/mol. The van der Waals surface area contributed by atoms with E-state index in [2.05, 4.69) is 26.1 Å². The Morgan fingerprint density at radius 2 is 1.49 bits per heavy atom. The predicted molar refractivity (Wildman–Crippen MR) is 141 cm³/mol. The Morgan fingerprint density at radius 1 is 0.857 bits per heavy atom. The highest BCUT2D eigenvalue weighted by molar-refractivity contribution is 9.10. The number of halogens is 2. The molecule has 182 valence electrons. The van der Waals surface area contributed by atoms with Crippen molar-refractivity contribution in [2.45, 2.75) is 0 Å². The topological polar surface area (TPSA) is 71.1 Å². The Kier molecular flexibility index (Phi) is 7.83. The van der Waals surface area contributed by atoms with E-state index < -0.39 is 0 Å². The first-order valence-electron chi connectivity index (χ1n) is 11.0. The number of hydrogen-bond donors (Lipinski definition) is 1. The second-order valence-corrected chi connectivity index (χ2v) is 9.32. The van der Waals surface area contributed by atoms with Gasteiger partial charge >= 0.3 is 0 Å². The molecule has 0 aromatic heterocycles. The fourth-order valence-corrected chi connectivity index (χ4v) is 4.53. The van der Waals surface area contributed by atoms with Gasteiger partial charge in [0.2, 0.25) is 0 Å². The molecule has 3 aromatic rings. The molecule has 4 rings (SSSR count). The van der Waals surface area contributed by atoms with Gasteiger partial charge in [-0.2, -0.15) is 0 Å². The van der Waals surface area contributed by atoms with Crippen molar-refractivity contribution in [3.05, 3.63) is 81.3 Å². The van der Waals surface area contributed by atoms with Gasteiger partial charge < -0.3 is 24.6 Å². The van der Waals surface area contributed by atoms with Crippen LogP contribution in [0.1, 0.15) is 20.7 Å². The van der Waals surface area contributed by atoms with Crippen LogP contribution in [0.4, 0.5) is 11.4 Å². The lowest BCUT2D eigenvalue weighted by Crippen LogP contribution is -2.48. The molecule has 1 heterocycles. The normalized spacial score (nSPS) is 13.4. The van der Waals surface area contributed by atoms with Crippen LogP contribution in [-0.2, 0) is 0 Å². The van der Waals surface area contributed by atoms with Gasteiger partial charge in [0.1, 0.15) is 11.5 Å². The molecule has 0 atom stereocenters. The fraction of sp³-hybridized carbons (Fsp3) is 0.231. The molecule has 0 radical (unpaired) electrons. The summed E-state index contributed by atoms with van der Waals surface area (Å²) < 4.78 is 11.4. The van der Waals surface area contributed by atoms with Gasteiger partial charge in [-0.25, -0.2) is 0 Å². The van der Waals surface area contributed by atoms with E-state index in [4.69, 9.17) is 21.1 Å². The lowest BCUT2D eigenvalue weighted by Gasteiger charge is -2.36. The minimum absolute atomic E-state index is 0.0926. The zero-order valence-electron chi connectivity index (χ0n) is 19.4. The smallest absolute Gasteiger partial charge is 0.259 e. The maximum Gasteiger partial charge on any atom is 0.259 e.